The van der Waals surface area contributed by atoms with Crippen LogP contribution in [0.25, 0.3) is 16.8 Å². The summed E-state index contributed by atoms with van der Waals surface area (Å²) >= 11 is 1.24. The van der Waals surface area contributed by atoms with Gasteiger partial charge < -0.3 is 18.9 Å². The lowest BCUT2D eigenvalue weighted by Crippen LogP contribution is -2.39. The lowest BCUT2D eigenvalue weighted by Gasteiger charge is -2.23. The molecule has 1 atom stereocenters. The highest BCUT2D eigenvalue weighted by Crippen LogP contribution is 2.35. The van der Waals surface area contributed by atoms with Gasteiger partial charge in [-0.15, -0.1) is 0 Å². The standard InChI is InChI=1S/C32H30N2O6S/c1-5-16-40-25-14-12-20-10-8-9-11-22(20)23(25)18-28-30(35)34-29(24(31(36)37-4)19-33-32(34)41-28)21-13-15-26(38-6-2)27(17-21)39-7-3/h5,8-15,17-19,29H,1,6-7,16H2,2-4H3/b28-18+/t29-/m1/s1. The van der Waals surface area contributed by atoms with Crippen molar-refractivity contribution in [3.05, 3.63) is 110 Å². The van der Waals surface area contributed by atoms with E-state index in [9.17, 15) is 9.59 Å². The predicted molar refractivity (Wildman–Crippen MR) is 160 cm³/mol. The number of methoxy groups -OCH3 is 1. The van der Waals surface area contributed by atoms with Gasteiger partial charge >= 0.3 is 5.97 Å². The number of hydrogen-bond acceptors (Lipinski definition) is 8. The molecule has 5 rings (SSSR count). The zero-order chi connectivity index (χ0) is 28.9. The molecule has 0 spiro atoms. The first-order valence-corrected chi connectivity index (χ1v) is 14.1. The van der Waals surface area contributed by atoms with Gasteiger partial charge in [0, 0.05) is 11.8 Å². The molecular formula is C32H30N2O6S. The van der Waals surface area contributed by atoms with Gasteiger partial charge in [-0.1, -0.05) is 60.4 Å². The molecule has 0 N–H and O–H groups in total. The summed E-state index contributed by atoms with van der Waals surface area (Å²) in [7, 11) is 1.31. The molecule has 1 aliphatic heterocycles. The quantitative estimate of drug-likeness (QED) is 0.206. The molecule has 4 aromatic rings. The Morgan fingerprint density at radius 1 is 1.02 bits per heavy atom. The summed E-state index contributed by atoms with van der Waals surface area (Å²) in [6, 6.07) is 16.4. The van der Waals surface area contributed by atoms with Crippen LogP contribution in [0.5, 0.6) is 17.2 Å². The summed E-state index contributed by atoms with van der Waals surface area (Å²) in [6.45, 7) is 8.74. The average Bonchev–Trinajstić information content (AvgIpc) is 3.31. The number of carbonyl (C=O) groups is 1. The Morgan fingerprint density at radius 3 is 2.54 bits per heavy atom. The lowest BCUT2D eigenvalue weighted by atomic mass is 9.97. The van der Waals surface area contributed by atoms with Gasteiger partial charge in [-0.2, -0.15) is 0 Å². The van der Waals surface area contributed by atoms with Crippen LogP contribution in [0, 0.1) is 0 Å². The molecule has 0 saturated carbocycles. The first-order chi connectivity index (χ1) is 20.0. The van der Waals surface area contributed by atoms with Gasteiger partial charge in [0.2, 0.25) is 0 Å². The van der Waals surface area contributed by atoms with E-state index in [4.69, 9.17) is 18.9 Å². The number of nitrogens with zero attached hydrogens (tertiary/aromatic N) is 2. The summed E-state index contributed by atoms with van der Waals surface area (Å²) in [6.07, 6.45) is 4.97. The highest BCUT2D eigenvalue weighted by molar-refractivity contribution is 7.07. The average molecular weight is 571 g/mol. The van der Waals surface area contributed by atoms with Gasteiger partial charge in [0.05, 0.1) is 36.5 Å². The van der Waals surface area contributed by atoms with Crippen molar-refractivity contribution in [1.29, 1.82) is 0 Å². The number of thiazole rings is 1. The van der Waals surface area contributed by atoms with E-state index in [2.05, 4.69) is 11.6 Å². The van der Waals surface area contributed by atoms with Gasteiger partial charge in [0.25, 0.3) is 5.56 Å². The van der Waals surface area contributed by atoms with E-state index in [1.165, 1.54) is 29.2 Å². The molecule has 0 aliphatic carbocycles. The predicted octanol–water partition coefficient (Wildman–Crippen LogP) is 4.53. The minimum Gasteiger partial charge on any atom is -0.490 e. The van der Waals surface area contributed by atoms with Crippen molar-refractivity contribution < 1.29 is 23.7 Å². The topological polar surface area (TPSA) is 88.3 Å². The monoisotopic (exact) mass is 570 g/mol. The number of rotatable bonds is 10. The Hall–Kier alpha value is -4.63. The first kappa shape index (κ1) is 27.9. The van der Waals surface area contributed by atoms with Crippen LogP contribution in [0.2, 0.25) is 0 Å². The molecule has 210 valence electrons. The van der Waals surface area contributed by atoms with Crippen LogP contribution >= 0.6 is 11.3 Å². The van der Waals surface area contributed by atoms with Crippen molar-refractivity contribution in [3.8, 4) is 17.2 Å². The number of ether oxygens (including phenoxy) is 4. The van der Waals surface area contributed by atoms with Crippen LogP contribution in [0.4, 0.5) is 0 Å². The third-order valence-electron chi connectivity index (χ3n) is 6.57. The molecule has 0 fully saturated rings. The molecule has 41 heavy (non-hydrogen) atoms. The summed E-state index contributed by atoms with van der Waals surface area (Å²) in [4.78, 5) is 31.9. The molecule has 0 saturated heterocycles. The Balaban J connectivity index is 1.73. The lowest BCUT2D eigenvalue weighted by molar-refractivity contribution is -0.136. The van der Waals surface area contributed by atoms with Crippen molar-refractivity contribution in [2.45, 2.75) is 19.9 Å². The molecular weight excluding hydrogens is 540 g/mol. The Kier molecular flexibility index (Phi) is 8.35. The zero-order valence-corrected chi connectivity index (χ0v) is 23.9. The number of esters is 1. The third kappa shape index (κ3) is 5.40. The maximum Gasteiger partial charge on any atom is 0.337 e. The molecule has 8 nitrogen and oxygen atoms in total. The summed E-state index contributed by atoms with van der Waals surface area (Å²) in [5.41, 5.74) is 1.39. The molecule has 1 aliphatic rings. The first-order valence-electron chi connectivity index (χ1n) is 13.2. The zero-order valence-electron chi connectivity index (χ0n) is 23.1. The largest absolute Gasteiger partial charge is 0.490 e. The number of carbonyl (C=O) groups excluding carboxylic acids is 1. The smallest absolute Gasteiger partial charge is 0.337 e. The van der Waals surface area contributed by atoms with E-state index in [0.29, 0.717) is 52.0 Å². The Bertz CT molecular complexity index is 1840. The van der Waals surface area contributed by atoms with E-state index in [0.717, 1.165) is 16.3 Å². The molecule has 0 amide bonds. The fraction of sp³-hybridized carbons (Fsp3) is 0.219. The highest BCUT2D eigenvalue weighted by Gasteiger charge is 2.31. The van der Waals surface area contributed by atoms with E-state index >= 15 is 0 Å². The van der Waals surface area contributed by atoms with E-state index in [-0.39, 0.29) is 11.1 Å². The molecule has 9 heteroatoms. The van der Waals surface area contributed by atoms with Crippen LogP contribution in [0.1, 0.15) is 31.0 Å². The maximum atomic E-state index is 14.1. The molecule has 1 aromatic heterocycles. The highest BCUT2D eigenvalue weighted by atomic mass is 32.1. The number of hydrogen-bond donors (Lipinski definition) is 0. The van der Waals surface area contributed by atoms with Crippen molar-refractivity contribution >= 4 is 34.2 Å². The van der Waals surface area contributed by atoms with Crippen LogP contribution in [0.15, 0.2) is 88.8 Å². The van der Waals surface area contributed by atoms with Gasteiger partial charge in [0.1, 0.15) is 12.4 Å². The Labute approximate surface area is 241 Å². The SMILES string of the molecule is C=CCOc1ccc2ccccc2c1/C=c1/sc2n(c1=O)[C@H](c1ccc(OCC)c(OCC)c1)C(C(=O)OC)=CN=2. The van der Waals surface area contributed by atoms with Gasteiger partial charge in [-0.05, 0) is 54.5 Å². The van der Waals surface area contributed by atoms with Crippen molar-refractivity contribution in [2.24, 2.45) is 4.99 Å². The van der Waals surface area contributed by atoms with Gasteiger partial charge in [0.15, 0.2) is 16.3 Å². The molecule has 3 aromatic carbocycles. The van der Waals surface area contributed by atoms with E-state index in [1.54, 1.807) is 18.2 Å². The minimum absolute atomic E-state index is 0.234. The summed E-state index contributed by atoms with van der Waals surface area (Å²) < 4.78 is 24.6. The second kappa shape index (κ2) is 12.3. The van der Waals surface area contributed by atoms with Crippen LogP contribution in [0.3, 0.4) is 0 Å². The van der Waals surface area contributed by atoms with Crippen LogP contribution in [-0.4, -0.2) is 37.5 Å². The maximum absolute atomic E-state index is 14.1. The molecule has 0 unspecified atom stereocenters. The molecule has 0 bridgehead atoms. The second-order valence-electron chi connectivity index (χ2n) is 9.05. The van der Waals surface area contributed by atoms with E-state index in [1.807, 2.05) is 62.4 Å². The number of benzene rings is 3. The minimum atomic E-state index is -0.778. The number of aromatic nitrogens is 1. The van der Waals surface area contributed by atoms with Crippen molar-refractivity contribution in [3.63, 3.8) is 0 Å². The second-order valence-corrected chi connectivity index (χ2v) is 10.1. The fourth-order valence-corrected chi connectivity index (χ4v) is 5.77. The van der Waals surface area contributed by atoms with Crippen LogP contribution in [-0.2, 0) is 9.53 Å². The number of fused-ring (bicyclic) bond motifs is 2. The summed E-state index contributed by atoms with van der Waals surface area (Å²) in [5, 5.41) is 1.96. The van der Waals surface area contributed by atoms with Gasteiger partial charge in [-0.3, -0.25) is 9.36 Å². The summed E-state index contributed by atoms with van der Waals surface area (Å²) in [5.74, 6) is 1.16. The third-order valence-corrected chi connectivity index (χ3v) is 7.57. The van der Waals surface area contributed by atoms with Crippen molar-refractivity contribution in [2.75, 3.05) is 26.9 Å². The fourth-order valence-electron chi connectivity index (χ4n) is 4.82. The normalized spacial score (nSPS) is 14.6. The van der Waals surface area contributed by atoms with Crippen LogP contribution < -0.4 is 29.1 Å². The molecule has 2 heterocycles. The van der Waals surface area contributed by atoms with E-state index < -0.39 is 12.0 Å². The molecule has 0 radical (unpaired) electrons. The van der Waals surface area contributed by atoms with Gasteiger partial charge in [-0.25, -0.2) is 9.79 Å². The van der Waals surface area contributed by atoms with Crippen molar-refractivity contribution in [1.82, 2.24) is 4.57 Å². The Morgan fingerprint density at radius 2 is 1.78 bits per heavy atom.